The Bertz CT molecular complexity index is 914. The molecule has 2 heterocycles. The summed E-state index contributed by atoms with van der Waals surface area (Å²) in [5.41, 5.74) is 0.865. The van der Waals surface area contributed by atoms with Gasteiger partial charge in [0.15, 0.2) is 5.75 Å². The van der Waals surface area contributed by atoms with Gasteiger partial charge in [0.25, 0.3) is 0 Å². The summed E-state index contributed by atoms with van der Waals surface area (Å²) in [4.78, 5) is 4.09. The minimum absolute atomic E-state index is 0.253. The molecule has 0 spiro atoms. The van der Waals surface area contributed by atoms with Crippen molar-refractivity contribution in [2.45, 2.75) is 18.4 Å². The second-order valence-corrected chi connectivity index (χ2v) is 7.66. The van der Waals surface area contributed by atoms with Crippen molar-refractivity contribution in [1.29, 1.82) is 0 Å². The number of rotatable bonds is 6. The Hall–Kier alpha value is -1.76. The zero-order valence-electron chi connectivity index (χ0n) is 14.7. The smallest absolute Gasteiger partial charge is 0.214 e. The molecule has 28 heavy (non-hydrogen) atoms. The third-order valence-electron chi connectivity index (χ3n) is 4.43. The first kappa shape index (κ1) is 19.6. The van der Waals surface area contributed by atoms with E-state index in [1.807, 2.05) is 35.0 Å². The summed E-state index contributed by atoms with van der Waals surface area (Å²) in [5.74, 6) is -0.531. The lowest BCUT2D eigenvalue weighted by molar-refractivity contribution is -0.189. The van der Waals surface area contributed by atoms with Crippen molar-refractivity contribution in [2.24, 2.45) is 0 Å². The van der Waals surface area contributed by atoms with Crippen molar-refractivity contribution in [1.82, 2.24) is 9.55 Å². The van der Waals surface area contributed by atoms with Gasteiger partial charge in [-0.05, 0) is 24.3 Å². The van der Waals surface area contributed by atoms with Crippen LogP contribution >= 0.6 is 34.8 Å². The first-order chi connectivity index (χ1) is 13.6. The van der Waals surface area contributed by atoms with Crippen LogP contribution < -0.4 is 4.74 Å². The van der Waals surface area contributed by atoms with E-state index in [-0.39, 0.29) is 12.7 Å². The molecule has 2 unspecified atom stereocenters. The Balaban J connectivity index is 1.53. The highest BCUT2D eigenvalue weighted by Gasteiger charge is 2.44. The summed E-state index contributed by atoms with van der Waals surface area (Å²) >= 11 is 18.4. The lowest BCUT2D eigenvalue weighted by Gasteiger charge is -2.29. The molecule has 0 radical (unpaired) electrons. The largest absolute Gasteiger partial charge is 0.488 e. The van der Waals surface area contributed by atoms with Crippen LogP contribution in [-0.2, 0) is 21.8 Å². The van der Waals surface area contributed by atoms with Crippen molar-refractivity contribution >= 4 is 34.8 Å². The number of ether oxygens (including phenoxy) is 3. The number of hydrogen-bond donors (Lipinski definition) is 0. The summed E-state index contributed by atoms with van der Waals surface area (Å²) < 4.78 is 20.2. The number of aromatic nitrogens is 2. The van der Waals surface area contributed by atoms with Crippen LogP contribution in [0.2, 0.25) is 15.1 Å². The predicted octanol–water partition coefficient (Wildman–Crippen LogP) is 5.19. The molecule has 5 nitrogen and oxygen atoms in total. The van der Waals surface area contributed by atoms with Crippen molar-refractivity contribution in [3.63, 3.8) is 0 Å². The molecule has 0 N–H and O–H groups in total. The molecular weight excluding hydrogens is 423 g/mol. The van der Waals surface area contributed by atoms with Gasteiger partial charge in [-0.3, -0.25) is 0 Å². The van der Waals surface area contributed by atoms with Gasteiger partial charge < -0.3 is 18.8 Å². The molecule has 1 saturated heterocycles. The van der Waals surface area contributed by atoms with Crippen molar-refractivity contribution < 1.29 is 14.2 Å². The molecule has 1 aliphatic heterocycles. The van der Waals surface area contributed by atoms with Gasteiger partial charge in [-0.15, -0.1) is 0 Å². The van der Waals surface area contributed by atoms with Crippen LogP contribution in [0.3, 0.4) is 0 Å². The molecular formula is C20H17Cl3N2O3. The molecule has 0 aliphatic carbocycles. The summed E-state index contributed by atoms with van der Waals surface area (Å²) in [6.07, 6.45) is 4.99. The quantitative estimate of drug-likeness (QED) is 0.530. The van der Waals surface area contributed by atoms with Crippen LogP contribution in [-0.4, -0.2) is 28.9 Å². The Morgan fingerprint density at radius 3 is 2.54 bits per heavy atom. The van der Waals surface area contributed by atoms with Gasteiger partial charge in [-0.25, -0.2) is 4.98 Å². The average molecular weight is 440 g/mol. The first-order valence-electron chi connectivity index (χ1n) is 8.66. The van der Waals surface area contributed by atoms with Gasteiger partial charge in [-0.1, -0.05) is 53.0 Å². The maximum atomic E-state index is 6.32. The minimum atomic E-state index is -0.969. The Morgan fingerprint density at radius 2 is 1.86 bits per heavy atom. The fraction of sp³-hybridized carbons (Fsp3) is 0.250. The van der Waals surface area contributed by atoms with E-state index in [4.69, 9.17) is 49.0 Å². The Labute approximate surface area is 177 Å². The van der Waals surface area contributed by atoms with Crippen LogP contribution in [0, 0.1) is 0 Å². The summed E-state index contributed by atoms with van der Waals surface area (Å²) in [6, 6.07) is 12.6. The average Bonchev–Trinajstić information content (AvgIpc) is 3.33. The number of hydrogen-bond acceptors (Lipinski definition) is 4. The number of para-hydroxylation sites is 1. The van der Waals surface area contributed by atoms with Gasteiger partial charge in [0, 0.05) is 23.0 Å². The number of halogens is 3. The Morgan fingerprint density at radius 1 is 1.11 bits per heavy atom. The summed E-state index contributed by atoms with van der Waals surface area (Å²) in [5, 5.41) is 1.55. The van der Waals surface area contributed by atoms with Crippen LogP contribution in [0.25, 0.3) is 0 Å². The van der Waals surface area contributed by atoms with Gasteiger partial charge in [-0.2, -0.15) is 0 Å². The van der Waals surface area contributed by atoms with Gasteiger partial charge in [0.2, 0.25) is 5.79 Å². The fourth-order valence-electron chi connectivity index (χ4n) is 3.09. The van der Waals surface area contributed by atoms with Crippen LogP contribution in [0.4, 0.5) is 0 Å². The monoisotopic (exact) mass is 438 g/mol. The molecule has 0 bridgehead atoms. The minimum Gasteiger partial charge on any atom is -0.488 e. The number of nitrogens with zero attached hydrogens (tertiary/aromatic N) is 2. The van der Waals surface area contributed by atoms with E-state index in [1.54, 1.807) is 30.7 Å². The third-order valence-corrected chi connectivity index (χ3v) is 5.27. The zero-order chi connectivity index (χ0) is 19.6. The molecule has 1 fully saturated rings. The van der Waals surface area contributed by atoms with Crippen molar-refractivity contribution in [2.75, 3.05) is 13.2 Å². The summed E-state index contributed by atoms with van der Waals surface area (Å²) in [6.45, 7) is 1.06. The lowest BCUT2D eigenvalue weighted by atomic mass is 10.1. The van der Waals surface area contributed by atoms with Crippen LogP contribution in [0.1, 0.15) is 5.56 Å². The maximum Gasteiger partial charge on any atom is 0.214 e. The Kier molecular flexibility index (Phi) is 5.80. The SMILES string of the molecule is Clc1ccc(C2(Cn3ccnc3)OCC(COc3c(Cl)cccc3Cl)O2)cc1. The molecule has 8 heteroatoms. The van der Waals surface area contributed by atoms with Crippen LogP contribution in [0.5, 0.6) is 5.75 Å². The highest BCUT2D eigenvalue weighted by molar-refractivity contribution is 6.37. The summed E-state index contributed by atoms with van der Waals surface area (Å²) in [7, 11) is 0. The van der Waals surface area contributed by atoms with Crippen molar-refractivity contribution in [3.8, 4) is 5.75 Å². The number of imidazole rings is 1. The normalized spacial score (nSPS) is 21.8. The highest BCUT2D eigenvalue weighted by Crippen LogP contribution is 2.38. The predicted molar refractivity (Wildman–Crippen MR) is 108 cm³/mol. The van der Waals surface area contributed by atoms with E-state index in [9.17, 15) is 0 Å². The third kappa shape index (κ3) is 4.14. The lowest BCUT2D eigenvalue weighted by Crippen LogP contribution is -2.34. The molecule has 0 saturated carbocycles. The maximum absolute atomic E-state index is 6.32. The second kappa shape index (κ2) is 8.31. The van der Waals surface area contributed by atoms with Crippen molar-refractivity contribution in [3.05, 3.63) is 81.8 Å². The highest BCUT2D eigenvalue weighted by atomic mass is 35.5. The van der Waals surface area contributed by atoms with Gasteiger partial charge in [0.05, 0.1) is 29.5 Å². The molecule has 3 aromatic rings. The van der Waals surface area contributed by atoms with E-state index in [0.29, 0.717) is 34.0 Å². The second-order valence-electron chi connectivity index (χ2n) is 6.41. The molecule has 2 aromatic carbocycles. The molecule has 146 valence electrons. The van der Waals surface area contributed by atoms with E-state index in [1.165, 1.54) is 0 Å². The first-order valence-corrected chi connectivity index (χ1v) is 9.79. The van der Waals surface area contributed by atoms with Crippen LogP contribution in [0.15, 0.2) is 61.2 Å². The van der Waals surface area contributed by atoms with E-state index < -0.39 is 5.79 Å². The fourth-order valence-corrected chi connectivity index (χ4v) is 3.73. The van der Waals surface area contributed by atoms with E-state index in [2.05, 4.69) is 4.98 Å². The molecule has 1 aromatic heterocycles. The molecule has 2 atom stereocenters. The van der Waals surface area contributed by atoms with Gasteiger partial charge in [0.1, 0.15) is 12.7 Å². The van der Waals surface area contributed by atoms with Gasteiger partial charge >= 0.3 is 0 Å². The molecule has 1 aliphatic rings. The van der Waals surface area contributed by atoms with E-state index in [0.717, 1.165) is 5.56 Å². The standard InChI is InChI=1S/C20H17Cl3N2O3/c21-15-6-4-14(5-7-15)20(12-25-9-8-24-13-25)27-11-16(28-20)10-26-19-17(22)2-1-3-18(19)23/h1-9,13,16H,10-12H2. The number of benzene rings is 2. The molecule has 0 amide bonds. The zero-order valence-corrected chi connectivity index (χ0v) is 17.0. The van der Waals surface area contributed by atoms with E-state index >= 15 is 0 Å². The molecule has 4 rings (SSSR count). The topological polar surface area (TPSA) is 45.5 Å².